The van der Waals surface area contributed by atoms with Crippen LogP contribution in [0, 0.1) is 6.92 Å². The molecule has 1 amide bonds. The van der Waals surface area contributed by atoms with E-state index in [1.807, 2.05) is 19.1 Å². The van der Waals surface area contributed by atoms with E-state index in [0.717, 1.165) is 9.75 Å². The molecule has 25 heavy (non-hydrogen) atoms. The maximum atomic E-state index is 12.5. The van der Waals surface area contributed by atoms with Crippen molar-refractivity contribution in [2.75, 3.05) is 18.1 Å². The Bertz CT molecular complexity index is 766. The van der Waals surface area contributed by atoms with Gasteiger partial charge >= 0.3 is 5.97 Å². The van der Waals surface area contributed by atoms with Gasteiger partial charge in [-0.2, -0.15) is 0 Å². The van der Waals surface area contributed by atoms with E-state index in [4.69, 9.17) is 4.74 Å². The number of likely N-dealkylation sites (N-methyl/N-ethyl adjacent to an activating group) is 1. The minimum Gasteiger partial charge on any atom is -0.449 e. The molecule has 2 atom stereocenters. The second-order valence-electron chi connectivity index (χ2n) is 6.04. The summed E-state index contributed by atoms with van der Waals surface area (Å²) in [4.78, 5) is 28.0. The monoisotopic (exact) mass is 385 g/mol. The number of esters is 1. The molecule has 1 aliphatic rings. The predicted molar refractivity (Wildman–Crippen MR) is 98.1 cm³/mol. The van der Waals surface area contributed by atoms with Crippen LogP contribution in [0.3, 0.4) is 0 Å². The molecular weight excluding hydrogens is 362 g/mol. The first-order valence-electron chi connectivity index (χ1n) is 8.18. The molecule has 0 aliphatic carbocycles. The molecule has 2 heterocycles. The number of hydrogen-bond donors (Lipinski definition) is 0. The van der Waals surface area contributed by atoms with Gasteiger partial charge in [0.1, 0.15) is 0 Å². The zero-order valence-corrected chi connectivity index (χ0v) is 16.2. The van der Waals surface area contributed by atoms with Gasteiger partial charge in [-0.15, -0.1) is 11.3 Å². The number of amides is 1. The topological polar surface area (TPSA) is 80.8 Å². The summed E-state index contributed by atoms with van der Waals surface area (Å²) in [5.41, 5.74) is 0. The maximum Gasteiger partial charge on any atom is 0.331 e. The lowest BCUT2D eigenvalue weighted by atomic mass is 10.2. The third-order valence-corrected chi connectivity index (χ3v) is 6.77. The van der Waals surface area contributed by atoms with Gasteiger partial charge in [-0.3, -0.25) is 4.79 Å². The minimum atomic E-state index is -3.08. The number of thiophene rings is 1. The average Bonchev–Trinajstić information content (AvgIpc) is 3.11. The number of carbonyl (C=O) groups is 2. The summed E-state index contributed by atoms with van der Waals surface area (Å²) in [5, 5.41) is 0. The summed E-state index contributed by atoms with van der Waals surface area (Å²) in [6, 6.07) is 3.52. The molecule has 138 valence electrons. The Morgan fingerprint density at radius 2 is 2.16 bits per heavy atom. The van der Waals surface area contributed by atoms with Gasteiger partial charge in [-0.25, -0.2) is 13.2 Å². The van der Waals surface area contributed by atoms with Crippen LogP contribution in [-0.4, -0.2) is 55.4 Å². The maximum absolute atomic E-state index is 12.5. The van der Waals surface area contributed by atoms with Crippen LogP contribution in [0.25, 0.3) is 6.08 Å². The Labute approximate surface area is 152 Å². The predicted octanol–water partition coefficient (Wildman–Crippen LogP) is 2.04. The van der Waals surface area contributed by atoms with E-state index in [2.05, 4.69) is 0 Å². The van der Waals surface area contributed by atoms with E-state index in [0.29, 0.717) is 13.0 Å². The van der Waals surface area contributed by atoms with Gasteiger partial charge < -0.3 is 9.64 Å². The van der Waals surface area contributed by atoms with E-state index in [-0.39, 0.29) is 23.5 Å². The number of ether oxygens (including phenoxy) is 1. The molecule has 0 radical (unpaired) electrons. The second kappa shape index (κ2) is 8.14. The van der Waals surface area contributed by atoms with E-state index < -0.39 is 21.9 Å². The van der Waals surface area contributed by atoms with Crippen LogP contribution in [0.1, 0.15) is 30.0 Å². The largest absolute Gasteiger partial charge is 0.449 e. The Kier molecular flexibility index (Phi) is 6.40. The van der Waals surface area contributed by atoms with Crippen LogP contribution in [0.4, 0.5) is 0 Å². The summed E-state index contributed by atoms with van der Waals surface area (Å²) in [6.45, 7) is 5.65. The summed E-state index contributed by atoms with van der Waals surface area (Å²) in [7, 11) is -3.08. The highest BCUT2D eigenvalue weighted by Gasteiger charge is 2.36. The molecule has 0 saturated carbocycles. The second-order valence-corrected chi connectivity index (χ2v) is 9.59. The molecule has 0 unspecified atom stereocenters. The third kappa shape index (κ3) is 5.40. The molecule has 2 rings (SSSR count). The molecule has 8 heteroatoms. The summed E-state index contributed by atoms with van der Waals surface area (Å²) in [5.74, 6) is -0.885. The van der Waals surface area contributed by atoms with Crippen molar-refractivity contribution in [1.82, 2.24) is 4.90 Å². The van der Waals surface area contributed by atoms with Gasteiger partial charge in [0, 0.05) is 28.4 Å². The van der Waals surface area contributed by atoms with Crippen molar-refractivity contribution in [2.24, 2.45) is 0 Å². The molecule has 0 spiro atoms. The number of hydrogen-bond acceptors (Lipinski definition) is 6. The Hall–Kier alpha value is -1.67. The lowest BCUT2D eigenvalue weighted by molar-refractivity contribution is -0.156. The fraction of sp³-hybridized carbons (Fsp3) is 0.529. The van der Waals surface area contributed by atoms with Crippen molar-refractivity contribution in [3.63, 3.8) is 0 Å². The van der Waals surface area contributed by atoms with Crippen molar-refractivity contribution < 1.29 is 22.7 Å². The summed E-state index contributed by atoms with van der Waals surface area (Å²) >= 11 is 1.55. The molecule has 1 saturated heterocycles. The van der Waals surface area contributed by atoms with Gasteiger partial charge in [0.05, 0.1) is 11.5 Å². The molecule has 6 nitrogen and oxygen atoms in total. The molecule has 0 aromatic carbocycles. The first kappa shape index (κ1) is 19.7. The zero-order chi connectivity index (χ0) is 18.6. The molecule has 1 aromatic heterocycles. The summed E-state index contributed by atoms with van der Waals surface area (Å²) < 4.78 is 28.4. The molecule has 0 bridgehead atoms. The number of rotatable bonds is 6. The van der Waals surface area contributed by atoms with Crippen molar-refractivity contribution in [3.05, 3.63) is 28.0 Å². The number of nitrogens with zero attached hydrogens (tertiary/aromatic N) is 1. The quantitative estimate of drug-likeness (QED) is 0.553. The van der Waals surface area contributed by atoms with E-state index in [9.17, 15) is 18.0 Å². The Balaban J connectivity index is 1.94. The van der Waals surface area contributed by atoms with Crippen LogP contribution in [-0.2, 0) is 24.2 Å². The highest BCUT2D eigenvalue weighted by Crippen LogP contribution is 2.19. The van der Waals surface area contributed by atoms with Gasteiger partial charge in [-0.1, -0.05) is 0 Å². The van der Waals surface area contributed by atoms with Crippen molar-refractivity contribution in [2.45, 2.75) is 39.3 Å². The van der Waals surface area contributed by atoms with Crippen LogP contribution >= 0.6 is 11.3 Å². The van der Waals surface area contributed by atoms with Gasteiger partial charge in [0.25, 0.3) is 5.91 Å². The molecule has 1 aromatic rings. The Morgan fingerprint density at radius 1 is 1.44 bits per heavy atom. The van der Waals surface area contributed by atoms with Crippen molar-refractivity contribution in [3.8, 4) is 0 Å². The standard InChI is InChI=1S/C17H23NO5S2/c1-4-18(14-9-10-25(21,22)11-14)17(20)13(3)23-16(19)8-7-15-6-5-12(2)24-15/h5-8,13-14H,4,9-11H2,1-3H3/b8-7+/t13-,14+/m1/s1. The lowest BCUT2D eigenvalue weighted by Crippen LogP contribution is -2.46. The molecule has 1 aliphatic heterocycles. The van der Waals surface area contributed by atoms with E-state index in [1.165, 1.54) is 17.9 Å². The highest BCUT2D eigenvalue weighted by molar-refractivity contribution is 7.91. The number of aryl methyl sites for hydroxylation is 1. The summed E-state index contributed by atoms with van der Waals surface area (Å²) in [6.07, 6.45) is 2.43. The van der Waals surface area contributed by atoms with Crippen LogP contribution in [0.2, 0.25) is 0 Å². The van der Waals surface area contributed by atoms with Gasteiger partial charge in [0.2, 0.25) is 0 Å². The first-order chi connectivity index (χ1) is 11.7. The van der Waals surface area contributed by atoms with Gasteiger partial charge in [0.15, 0.2) is 15.9 Å². The normalized spacial score (nSPS) is 20.5. The average molecular weight is 386 g/mol. The Morgan fingerprint density at radius 3 is 2.68 bits per heavy atom. The van der Waals surface area contributed by atoms with Gasteiger partial charge in [-0.05, 0) is 45.4 Å². The fourth-order valence-electron chi connectivity index (χ4n) is 2.81. The van der Waals surface area contributed by atoms with Crippen LogP contribution in [0.15, 0.2) is 18.2 Å². The van der Waals surface area contributed by atoms with E-state index >= 15 is 0 Å². The number of carbonyl (C=O) groups excluding carboxylic acids is 2. The van der Waals surface area contributed by atoms with Crippen molar-refractivity contribution >= 4 is 39.1 Å². The van der Waals surface area contributed by atoms with E-state index in [1.54, 1.807) is 24.3 Å². The van der Waals surface area contributed by atoms with Crippen LogP contribution in [0.5, 0.6) is 0 Å². The lowest BCUT2D eigenvalue weighted by Gasteiger charge is -2.29. The fourth-order valence-corrected chi connectivity index (χ4v) is 5.32. The SMILES string of the molecule is CCN(C(=O)[C@@H](C)OC(=O)/C=C/c1ccc(C)s1)[C@H]1CCS(=O)(=O)C1. The van der Waals surface area contributed by atoms with Crippen LogP contribution < -0.4 is 0 Å². The smallest absolute Gasteiger partial charge is 0.331 e. The minimum absolute atomic E-state index is 0.0229. The molecular formula is C17H23NO5S2. The van der Waals surface area contributed by atoms with Crippen molar-refractivity contribution in [1.29, 1.82) is 0 Å². The zero-order valence-electron chi connectivity index (χ0n) is 14.6. The highest BCUT2D eigenvalue weighted by atomic mass is 32.2. The first-order valence-corrected chi connectivity index (χ1v) is 10.8. The molecule has 1 fully saturated rings. The molecule has 0 N–H and O–H groups in total. The third-order valence-electron chi connectivity index (χ3n) is 4.06. The number of sulfone groups is 1.